The largest absolute Gasteiger partial charge is 0.496 e. The van der Waals surface area contributed by atoms with Gasteiger partial charge in [0.25, 0.3) is 5.91 Å². The minimum absolute atomic E-state index is 0.0670. The summed E-state index contributed by atoms with van der Waals surface area (Å²) < 4.78 is 16.0. The molecule has 3 N–H and O–H groups in total. The summed E-state index contributed by atoms with van der Waals surface area (Å²) in [5.74, 6) is -0.0251. The molecular formula is C22H19ClN2O5. The minimum Gasteiger partial charge on any atom is -0.496 e. The zero-order valence-electron chi connectivity index (χ0n) is 16.1. The smallest absolute Gasteiger partial charge is 0.342 e. The molecule has 3 rings (SSSR count). The van der Waals surface area contributed by atoms with Crippen LogP contribution in [0.15, 0.2) is 66.7 Å². The topological polar surface area (TPSA) is 99.9 Å². The van der Waals surface area contributed by atoms with E-state index in [9.17, 15) is 9.59 Å². The third kappa shape index (κ3) is 5.21. The van der Waals surface area contributed by atoms with Gasteiger partial charge in [0.1, 0.15) is 17.1 Å². The molecule has 0 aliphatic carbocycles. The number of amides is 1. The highest BCUT2D eigenvalue weighted by Gasteiger charge is 2.18. The zero-order valence-corrected chi connectivity index (χ0v) is 16.8. The Balaban J connectivity index is 1.64. The van der Waals surface area contributed by atoms with Gasteiger partial charge in [-0.15, -0.1) is 0 Å². The highest BCUT2D eigenvalue weighted by Crippen LogP contribution is 2.30. The number of benzene rings is 3. The molecule has 3 aromatic rings. The van der Waals surface area contributed by atoms with Crippen molar-refractivity contribution in [2.45, 2.75) is 0 Å². The number of anilines is 2. The van der Waals surface area contributed by atoms with Gasteiger partial charge in [-0.2, -0.15) is 0 Å². The van der Waals surface area contributed by atoms with Crippen molar-refractivity contribution >= 4 is 34.9 Å². The summed E-state index contributed by atoms with van der Waals surface area (Å²) in [5, 5.41) is 2.85. The first kappa shape index (κ1) is 21.0. The van der Waals surface area contributed by atoms with E-state index in [0.717, 1.165) is 0 Å². The van der Waals surface area contributed by atoms with Crippen molar-refractivity contribution in [3.8, 4) is 17.2 Å². The number of ether oxygens (including phenoxy) is 3. The van der Waals surface area contributed by atoms with E-state index in [-0.39, 0.29) is 22.0 Å². The number of carbonyl (C=O) groups excluding carboxylic acids is 2. The maximum absolute atomic E-state index is 12.3. The number of nitrogens with two attached hydrogens (primary N) is 1. The Kier molecular flexibility index (Phi) is 6.77. The molecule has 0 saturated heterocycles. The van der Waals surface area contributed by atoms with E-state index < -0.39 is 18.5 Å². The maximum Gasteiger partial charge on any atom is 0.342 e. The van der Waals surface area contributed by atoms with Crippen molar-refractivity contribution in [2.75, 3.05) is 24.8 Å². The molecule has 8 heteroatoms. The quantitative estimate of drug-likeness (QED) is 0.425. The summed E-state index contributed by atoms with van der Waals surface area (Å²) >= 11 is 5.96. The minimum atomic E-state index is -0.766. The Morgan fingerprint density at radius 2 is 1.70 bits per heavy atom. The van der Waals surface area contributed by atoms with Crippen molar-refractivity contribution in [1.29, 1.82) is 0 Å². The van der Waals surface area contributed by atoms with Crippen LogP contribution in [0.25, 0.3) is 0 Å². The average molecular weight is 427 g/mol. The number of nitrogen functional groups attached to an aromatic ring is 1. The summed E-state index contributed by atoms with van der Waals surface area (Å²) in [6.07, 6.45) is 0. The molecule has 7 nitrogen and oxygen atoms in total. The van der Waals surface area contributed by atoms with Crippen molar-refractivity contribution < 1.29 is 23.8 Å². The lowest BCUT2D eigenvalue weighted by Crippen LogP contribution is -2.21. The van der Waals surface area contributed by atoms with Gasteiger partial charge < -0.3 is 25.3 Å². The second-order valence-corrected chi connectivity index (χ2v) is 6.52. The van der Waals surface area contributed by atoms with Gasteiger partial charge in [0.05, 0.1) is 23.5 Å². The summed E-state index contributed by atoms with van der Waals surface area (Å²) in [4.78, 5) is 24.7. The predicted molar refractivity (Wildman–Crippen MR) is 114 cm³/mol. The summed E-state index contributed by atoms with van der Waals surface area (Å²) in [6.45, 7) is -0.510. The van der Waals surface area contributed by atoms with E-state index in [1.807, 2.05) is 18.2 Å². The van der Waals surface area contributed by atoms with Crippen LogP contribution >= 0.6 is 11.6 Å². The van der Waals surface area contributed by atoms with Gasteiger partial charge in [-0.1, -0.05) is 41.9 Å². The van der Waals surface area contributed by atoms with Crippen molar-refractivity contribution in [3.05, 3.63) is 77.3 Å². The number of hydrogen-bond donors (Lipinski definition) is 2. The van der Waals surface area contributed by atoms with Gasteiger partial charge >= 0.3 is 5.97 Å². The van der Waals surface area contributed by atoms with Crippen LogP contribution in [0.5, 0.6) is 17.2 Å². The van der Waals surface area contributed by atoms with E-state index in [4.69, 9.17) is 31.5 Å². The molecule has 0 spiro atoms. The van der Waals surface area contributed by atoms with Crippen molar-refractivity contribution in [3.63, 3.8) is 0 Å². The summed E-state index contributed by atoms with van der Waals surface area (Å²) in [7, 11) is 1.38. The van der Waals surface area contributed by atoms with E-state index in [1.54, 1.807) is 36.4 Å². The Bertz CT molecular complexity index is 1060. The molecule has 0 unspecified atom stereocenters. The summed E-state index contributed by atoms with van der Waals surface area (Å²) in [5.41, 5.74) is 6.47. The van der Waals surface area contributed by atoms with Crippen molar-refractivity contribution in [2.24, 2.45) is 0 Å². The molecule has 3 aromatic carbocycles. The second-order valence-electron chi connectivity index (χ2n) is 6.11. The van der Waals surface area contributed by atoms with Gasteiger partial charge in [0.2, 0.25) is 0 Å². The van der Waals surface area contributed by atoms with Crippen LogP contribution in [-0.4, -0.2) is 25.6 Å². The molecule has 1 amide bonds. The number of methoxy groups -OCH3 is 1. The van der Waals surface area contributed by atoms with Crippen LogP contribution < -0.4 is 20.5 Å². The fraction of sp³-hybridized carbons (Fsp3) is 0.0909. The summed E-state index contributed by atoms with van der Waals surface area (Å²) in [6, 6.07) is 18.8. The van der Waals surface area contributed by atoms with Crippen LogP contribution in [0.4, 0.5) is 11.4 Å². The maximum atomic E-state index is 12.3. The van der Waals surface area contributed by atoms with Gasteiger partial charge in [0.15, 0.2) is 12.4 Å². The normalized spacial score (nSPS) is 10.2. The van der Waals surface area contributed by atoms with Crippen LogP contribution in [0.1, 0.15) is 10.4 Å². The highest BCUT2D eigenvalue weighted by molar-refractivity contribution is 6.33. The number of rotatable bonds is 7. The molecule has 0 radical (unpaired) electrons. The van der Waals surface area contributed by atoms with E-state index in [1.165, 1.54) is 19.2 Å². The Morgan fingerprint density at radius 3 is 2.43 bits per heavy atom. The molecule has 0 saturated carbocycles. The molecule has 0 aromatic heterocycles. The average Bonchev–Trinajstić information content (AvgIpc) is 2.75. The van der Waals surface area contributed by atoms with Gasteiger partial charge in [-0.3, -0.25) is 4.79 Å². The van der Waals surface area contributed by atoms with Crippen LogP contribution in [0.3, 0.4) is 0 Å². The zero-order chi connectivity index (χ0) is 21.5. The molecule has 0 bridgehead atoms. The van der Waals surface area contributed by atoms with E-state index in [2.05, 4.69) is 5.32 Å². The third-order valence-electron chi connectivity index (χ3n) is 4.01. The lowest BCUT2D eigenvalue weighted by atomic mass is 10.2. The fourth-order valence-electron chi connectivity index (χ4n) is 2.57. The number of esters is 1. The first-order valence-electron chi connectivity index (χ1n) is 8.90. The number of halogens is 1. The van der Waals surface area contributed by atoms with Crippen LogP contribution in [0.2, 0.25) is 5.02 Å². The molecule has 0 atom stereocenters. The fourth-order valence-corrected chi connectivity index (χ4v) is 2.73. The number of nitrogens with one attached hydrogen (secondary N) is 1. The lowest BCUT2D eigenvalue weighted by Gasteiger charge is -2.13. The van der Waals surface area contributed by atoms with Gasteiger partial charge in [-0.25, -0.2) is 4.79 Å². The first-order valence-corrected chi connectivity index (χ1v) is 9.27. The second kappa shape index (κ2) is 9.67. The number of para-hydroxylation sites is 3. The highest BCUT2D eigenvalue weighted by atomic mass is 35.5. The molecule has 0 aliphatic rings. The monoisotopic (exact) mass is 426 g/mol. The molecule has 30 heavy (non-hydrogen) atoms. The van der Waals surface area contributed by atoms with Crippen LogP contribution in [0, 0.1) is 0 Å². The number of carbonyl (C=O) groups is 2. The van der Waals surface area contributed by atoms with Gasteiger partial charge in [0, 0.05) is 6.07 Å². The standard InChI is InChI=1S/C22H19ClN2O5/c1-28-20-12-17(24)16(23)11-15(20)22(27)29-13-21(26)25-18-9-5-6-10-19(18)30-14-7-3-2-4-8-14/h2-12H,13,24H2,1H3,(H,25,26). The molecule has 154 valence electrons. The Hall–Kier alpha value is -3.71. The van der Waals surface area contributed by atoms with Gasteiger partial charge in [-0.05, 0) is 30.3 Å². The lowest BCUT2D eigenvalue weighted by molar-refractivity contribution is -0.119. The molecule has 0 fully saturated rings. The van der Waals surface area contributed by atoms with Crippen molar-refractivity contribution in [1.82, 2.24) is 0 Å². The molecule has 0 aliphatic heterocycles. The van der Waals surface area contributed by atoms with Crippen LogP contribution in [-0.2, 0) is 9.53 Å². The predicted octanol–water partition coefficient (Wildman–Crippen LogP) is 4.52. The first-order chi connectivity index (χ1) is 14.5. The SMILES string of the molecule is COc1cc(N)c(Cl)cc1C(=O)OCC(=O)Nc1ccccc1Oc1ccccc1. The van der Waals surface area contributed by atoms with E-state index >= 15 is 0 Å². The molecule has 0 heterocycles. The Morgan fingerprint density at radius 1 is 1.00 bits per heavy atom. The number of hydrogen-bond acceptors (Lipinski definition) is 6. The molecular weight excluding hydrogens is 408 g/mol. The third-order valence-corrected chi connectivity index (χ3v) is 4.33. The Labute approximate surface area is 178 Å². The van der Waals surface area contributed by atoms with E-state index in [0.29, 0.717) is 17.2 Å².